The van der Waals surface area contributed by atoms with Crippen LogP contribution in [0, 0.1) is 6.92 Å². The number of ether oxygens (including phenoxy) is 3. The minimum Gasteiger partial charge on any atom is -0.381 e. The van der Waals surface area contributed by atoms with E-state index >= 15 is 0 Å². The number of carbonyl (C=O) groups is 1. The number of aryl methyl sites for hydroxylation is 1. The van der Waals surface area contributed by atoms with E-state index in [2.05, 4.69) is 5.32 Å². The van der Waals surface area contributed by atoms with Gasteiger partial charge in [-0.25, -0.2) is 0 Å². The Balaban J connectivity index is 1.57. The lowest BCUT2D eigenvalue weighted by molar-refractivity contribution is -0.210. The highest BCUT2D eigenvalue weighted by Crippen LogP contribution is 2.33. The van der Waals surface area contributed by atoms with E-state index in [1.807, 2.05) is 0 Å². The van der Waals surface area contributed by atoms with Crippen molar-refractivity contribution in [3.8, 4) is 0 Å². The first-order chi connectivity index (χ1) is 13.5. The van der Waals surface area contributed by atoms with Gasteiger partial charge in [0.15, 0.2) is 5.79 Å². The predicted octanol–water partition coefficient (Wildman–Crippen LogP) is 1.91. The summed E-state index contributed by atoms with van der Waals surface area (Å²) < 4.78 is 78.3. The Hall–Kier alpha value is -1.89. The highest BCUT2D eigenvalue weighted by molar-refractivity contribution is 7.93. The van der Waals surface area contributed by atoms with Crippen LogP contribution in [0.4, 0.5) is 18.9 Å². The number of hydrogen-bond donors (Lipinski definition) is 2. The summed E-state index contributed by atoms with van der Waals surface area (Å²) >= 11 is 0. The number of alkyl halides is 3. The molecule has 0 bridgehead atoms. The van der Waals surface area contributed by atoms with Crippen LogP contribution in [0.2, 0.25) is 0 Å². The van der Waals surface area contributed by atoms with Crippen molar-refractivity contribution >= 4 is 21.6 Å². The molecule has 1 aromatic rings. The monoisotopic (exact) mass is 438 g/mol. The molecule has 12 heteroatoms. The van der Waals surface area contributed by atoms with Crippen LogP contribution >= 0.6 is 0 Å². The zero-order valence-electron chi connectivity index (χ0n) is 15.5. The van der Waals surface area contributed by atoms with Gasteiger partial charge in [-0.2, -0.15) is 21.6 Å². The maximum atomic E-state index is 12.5. The van der Waals surface area contributed by atoms with Crippen LogP contribution in [-0.2, 0) is 24.2 Å². The summed E-state index contributed by atoms with van der Waals surface area (Å²) in [6.07, 6.45) is 0.911. The van der Waals surface area contributed by atoms with Crippen molar-refractivity contribution in [1.82, 2.24) is 5.32 Å². The summed E-state index contributed by atoms with van der Waals surface area (Å²) in [5, 5.41) is 2.69. The highest BCUT2D eigenvalue weighted by Gasteiger charge is 2.46. The van der Waals surface area contributed by atoms with E-state index in [0.717, 1.165) is 6.07 Å². The topological polar surface area (TPSA) is 103 Å². The SMILES string of the molecule is Cc1cc(C(=O)NC[C@H]2COC3(CCOCC3)O2)ccc1NS(=O)(=O)C(F)(F)F. The zero-order valence-corrected chi connectivity index (χ0v) is 16.4. The van der Waals surface area contributed by atoms with Crippen molar-refractivity contribution in [1.29, 1.82) is 0 Å². The molecule has 1 spiro atoms. The summed E-state index contributed by atoms with van der Waals surface area (Å²) in [4.78, 5) is 12.3. The van der Waals surface area contributed by atoms with E-state index in [9.17, 15) is 26.4 Å². The first-order valence-corrected chi connectivity index (χ1v) is 10.4. The molecule has 0 radical (unpaired) electrons. The minimum absolute atomic E-state index is 0.173. The third kappa shape index (κ3) is 5.00. The van der Waals surface area contributed by atoms with Crippen LogP contribution in [0.25, 0.3) is 0 Å². The number of rotatable bonds is 5. The molecule has 2 aliphatic heterocycles. The number of anilines is 1. The number of sulfonamides is 1. The first kappa shape index (κ1) is 21.8. The smallest absolute Gasteiger partial charge is 0.381 e. The van der Waals surface area contributed by atoms with E-state index in [4.69, 9.17) is 14.2 Å². The summed E-state index contributed by atoms with van der Waals surface area (Å²) in [5.74, 6) is -1.13. The van der Waals surface area contributed by atoms with Crippen molar-refractivity contribution in [2.24, 2.45) is 0 Å². The van der Waals surface area contributed by atoms with Gasteiger partial charge in [-0.3, -0.25) is 9.52 Å². The molecule has 8 nitrogen and oxygen atoms in total. The Morgan fingerprint density at radius 3 is 2.59 bits per heavy atom. The van der Waals surface area contributed by atoms with Gasteiger partial charge in [-0.05, 0) is 30.7 Å². The van der Waals surface area contributed by atoms with Crippen molar-refractivity contribution < 1.29 is 40.6 Å². The molecular weight excluding hydrogens is 417 g/mol. The molecule has 0 aliphatic carbocycles. The lowest BCUT2D eigenvalue weighted by atomic mass is 10.1. The molecule has 2 aliphatic rings. The van der Waals surface area contributed by atoms with Crippen molar-refractivity contribution in [3.63, 3.8) is 0 Å². The molecular formula is C17H21F3N2O6S. The number of halogens is 3. The molecule has 2 heterocycles. The normalized spacial score (nSPS) is 21.9. The van der Waals surface area contributed by atoms with Crippen molar-refractivity contribution in [3.05, 3.63) is 29.3 Å². The number of amides is 1. The van der Waals surface area contributed by atoms with E-state index in [0.29, 0.717) is 32.7 Å². The van der Waals surface area contributed by atoms with E-state index in [1.165, 1.54) is 23.8 Å². The fourth-order valence-electron chi connectivity index (χ4n) is 3.09. The Labute approximate surface area is 165 Å². The molecule has 1 aromatic carbocycles. The Kier molecular flexibility index (Phi) is 6.08. The Morgan fingerprint density at radius 2 is 1.97 bits per heavy atom. The van der Waals surface area contributed by atoms with Crippen LogP contribution in [0.3, 0.4) is 0 Å². The molecule has 2 saturated heterocycles. The molecule has 0 saturated carbocycles. The standard InChI is InChI=1S/C17H21F3N2O6S/c1-11-8-12(2-3-14(11)22-29(24,25)17(18,19)20)15(23)21-9-13-10-27-16(28-13)4-6-26-7-5-16/h2-3,8,13,22H,4-7,9-10H2,1H3,(H,21,23)/t13-/m0/s1. The second kappa shape index (κ2) is 8.09. The molecule has 0 unspecified atom stereocenters. The molecule has 29 heavy (non-hydrogen) atoms. The van der Waals surface area contributed by atoms with Crippen molar-refractivity contribution in [2.45, 2.75) is 37.2 Å². The molecule has 162 valence electrons. The third-order valence-corrected chi connectivity index (χ3v) is 5.79. The van der Waals surface area contributed by atoms with E-state index in [1.54, 1.807) is 0 Å². The summed E-state index contributed by atoms with van der Waals surface area (Å²) in [6, 6.07) is 3.65. The maximum absolute atomic E-state index is 12.5. The van der Waals surface area contributed by atoms with Gasteiger partial charge in [0, 0.05) is 24.9 Å². The third-order valence-electron chi connectivity index (χ3n) is 4.70. The maximum Gasteiger partial charge on any atom is 0.516 e. The fourth-order valence-corrected chi connectivity index (χ4v) is 3.73. The number of benzene rings is 1. The first-order valence-electron chi connectivity index (χ1n) is 8.89. The van der Waals surface area contributed by atoms with Gasteiger partial charge in [0.25, 0.3) is 5.91 Å². The number of carbonyl (C=O) groups excluding carboxylic acids is 1. The van der Waals surface area contributed by atoms with Crippen LogP contribution in [0.1, 0.15) is 28.8 Å². The number of hydrogen-bond acceptors (Lipinski definition) is 6. The lowest BCUT2D eigenvalue weighted by Crippen LogP contribution is -2.39. The molecule has 3 rings (SSSR count). The Bertz CT molecular complexity index is 868. The zero-order chi connectivity index (χ0) is 21.3. The van der Waals surface area contributed by atoms with Crippen LogP contribution in [0.15, 0.2) is 18.2 Å². The van der Waals surface area contributed by atoms with Gasteiger partial charge < -0.3 is 19.5 Å². The summed E-state index contributed by atoms with van der Waals surface area (Å²) in [5.41, 5.74) is -5.34. The van der Waals surface area contributed by atoms with Crippen molar-refractivity contribution in [2.75, 3.05) is 31.1 Å². The summed E-state index contributed by atoms with van der Waals surface area (Å²) in [6.45, 7) is 3.01. The van der Waals surface area contributed by atoms with Gasteiger partial charge >= 0.3 is 15.5 Å². The largest absolute Gasteiger partial charge is 0.516 e. The van der Waals surface area contributed by atoms with Crippen LogP contribution in [0.5, 0.6) is 0 Å². The molecule has 0 aromatic heterocycles. The molecule has 2 N–H and O–H groups in total. The van der Waals surface area contributed by atoms with E-state index < -0.39 is 27.2 Å². The molecule has 1 amide bonds. The van der Waals surface area contributed by atoms with Gasteiger partial charge in [-0.15, -0.1) is 0 Å². The summed E-state index contributed by atoms with van der Waals surface area (Å²) in [7, 11) is -5.53. The van der Waals surface area contributed by atoms with Gasteiger partial charge in [-0.1, -0.05) is 0 Å². The van der Waals surface area contributed by atoms with Gasteiger partial charge in [0.1, 0.15) is 6.10 Å². The lowest BCUT2D eigenvalue weighted by Gasteiger charge is -2.31. The van der Waals surface area contributed by atoms with Gasteiger partial charge in [0.05, 0.1) is 25.5 Å². The molecule has 2 fully saturated rings. The highest BCUT2D eigenvalue weighted by atomic mass is 32.2. The number of nitrogens with one attached hydrogen (secondary N) is 2. The molecule has 1 atom stereocenters. The predicted molar refractivity (Wildman–Crippen MR) is 95.7 cm³/mol. The van der Waals surface area contributed by atoms with E-state index in [-0.39, 0.29) is 29.5 Å². The average molecular weight is 438 g/mol. The fraction of sp³-hybridized carbons (Fsp3) is 0.588. The van der Waals surface area contributed by atoms with Crippen LogP contribution in [-0.4, -0.2) is 58.1 Å². The quantitative estimate of drug-likeness (QED) is 0.728. The Morgan fingerprint density at radius 1 is 1.28 bits per heavy atom. The minimum atomic E-state index is -5.53. The van der Waals surface area contributed by atoms with Crippen LogP contribution < -0.4 is 10.0 Å². The van der Waals surface area contributed by atoms with Gasteiger partial charge in [0.2, 0.25) is 0 Å². The second-order valence-corrected chi connectivity index (χ2v) is 8.54. The second-order valence-electron chi connectivity index (χ2n) is 6.86. The average Bonchev–Trinajstić information content (AvgIpc) is 3.03.